The highest BCUT2D eigenvalue weighted by molar-refractivity contribution is 4.97. The molecule has 0 bridgehead atoms. The number of nitrogens with one attached hydrogen (secondary N) is 1. The van der Waals surface area contributed by atoms with Crippen LogP contribution in [0.3, 0.4) is 0 Å². The van der Waals surface area contributed by atoms with Crippen molar-refractivity contribution in [3.63, 3.8) is 0 Å². The fourth-order valence-corrected chi connectivity index (χ4v) is 1.58. The molecule has 2 atom stereocenters. The Balaban J connectivity index is 1.94. The lowest BCUT2D eigenvalue weighted by Crippen LogP contribution is -2.14. The maximum atomic E-state index is 12.9. The molecule has 15 heavy (non-hydrogen) atoms. The van der Waals surface area contributed by atoms with Crippen molar-refractivity contribution >= 4 is 0 Å². The van der Waals surface area contributed by atoms with Crippen LogP contribution in [0, 0.1) is 0 Å². The summed E-state index contributed by atoms with van der Waals surface area (Å²) in [5.41, 5.74) is 0. The number of nitrogens with zero attached hydrogens (tertiary/aromatic N) is 2. The second kappa shape index (κ2) is 4.67. The maximum absolute atomic E-state index is 12.9. The monoisotopic (exact) mass is 215 g/mol. The van der Waals surface area contributed by atoms with Crippen molar-refractivity contribution < 1.29 is 13.7 Å². The highest BCUT2D eigenvalue weighted by Gasteiger charge is 2.29. The third kappa shape index (κ3) is 2.51. The van der Waals surface area contributed by atoms with E-state index in [4.69, 9.17) is 9.26 Å². The summed E-state index contributed by atoms with van der Waals surface area (Å²) >= 11 is 0. The molecular formula is C9H14FN3O2. The number of methoxy groups -OCH3 is 1. The quantitative estimate of drug-likeness (QED) is 0.798. The number of hydrogen-bond acceptors (Lipinski definition) is 5. The van der Waals surface area contributed by atoms with Crippen molar-refractivity contribution in [3.05, 3.63) is 11.7 Å². The van der Waals surface area contributed by atoms with E-state index in [1.807, 2.05) is 0 Å². The Morgan fingerprint density at radius 1 is 1.67 bits per heavy atom. The highest BCUT2D eigenvalue weighted by Crippen LogP contribution is 2.23. The normalized spacial score (nSPS) is 26.0. The minimum absolute atomic E-state index is 0.135. The molecule has 1 saturated heterocycles. The molecule has 0 saturated carbocycles. The topological polar surface area (TPSA) is 60.2 Å². The Bertz CT molecular complexity index is 318. The van der Waals surface area contributed by atoms with Crippen LogP contribution in [-0.4, -0.2) is 36.6 Å². The average Bonchev–Trinajstić information content (AvgIpc) is 2.83. The van der Waals surface area contributed by atoms with E-state index in [-0.39, 0.29) is 6.04 Å². The van der Waals surface area contributed by atoms with Gasteiger partial charge >= 0.3 is 0 Å². The molecule has 2 heterocycles. The van der Waals surface area contributed by atoms with Gasteiger partial charge in [0.05, 0.1) is 12.6 Å². The van der Waals surface area contributed by atoms with Crippen LogP contribution in [0.1, 0.15) is 24.2 Å². The fourth-order valence-electron chi connectivity index (χ4n) is 1.58. The Labute approximate surface area is 87.0 Å². The molecule has 1 aliphatic heterocycles. The van der Waals surface area contributed by atoms with E-state index < -0.39 is 6.17 Å². The second-order valence-corrected chi connectivity index (χ2v) is 3.59. The van der Waals surface area contributed by atoms with Crippen LogP contribution in [0.4, 0.5) is 4.39 Å². The van der Waals surface area contributed by atoms with Crippen LogP contribution in [0.15, 0.2) is 4.52 Å². The molecule has 2 rings (SSSR count). The fraction of sp³-hybridized carbons (Fsp3) is 0.778. The molecule has 84 valence electrons. The molecule has 1 aromatic heterocycles. The van der Waals surface area contributed by atoms with E-state index in [9.17, 15) is 4.39 Å². The van der Waals surface area contributed by atoms with Gasteiger partial charge in [-0.2, -0.15) is 4.98 Å². The molecule has 6 heteroatoms. The van der Waals surface area contributed by atoms with E-state index in [1.54, 1.807) is 7.11 Å². The summed E-state index contributed by atoms with van der Waals surface area (Å²) in [6.45, 7) is 0.920. The zero-order valence-electron chi connectivity index (χ0n) is 8.57. The van der Waals surface area contributed by atoms with Crippen LogP contribution in [0.2, 0.25) is 0 Å². The van der Waals surface area contributed by atoms with Crippen molar-refractivity contribution in [1.82, 2.24) is 15.5 Å². The van der Waals surface area contributed by atoms with Crippen LogP contribution in [0.5, 0.6) is 0 Å². The maximum Gasteiger partial charge on any atom is 0.243 e. The first-order chi connectivity index (χ1) is 7.29. The predicted octanol–water partition coefficient (Wildman–Crippen LogP) is 0.631. The molecule has 1 aliphatic rings. The second-order valence-electron chi connectivity index (χ2n) is 3.59. The van der Waals surface area contributed by atoms with Gasteiger partial charge in [-0.05, 0) is 0 Å². The third-order valence-corrected chi connectivity index (χ3v) is 2.39. The number of alkyl halides is 1. The molecule has 0 radical (unpaired) electrons. The summed E-state index contributed by atoms with van der Waals surface area (Å²) in [5, 5.41) is 6.78. The predicted molar refractivity (Wildman–Crippen MR) is 50.1 cm³/mol. The van der Waals surface area contributed by atoms with E-state index in [0.29, 0.717) is 37.7 Å². The van der Waals surface area contributed by atoms with E-state index >= 15 is 0 Å². The van der Waals surface area contributed by atoms with Crippen LogP contribution < -0.4 is 5.32 Å². The lowest BCUT2D eigenvalue weighted by molar-refractivity contribution is 0.199. The molecule has 1 fully saturated rings. The summed E-state index contributed by atoms with van der Waals surface area (Å²) in [4.78, 5) is 4.18. The van der Waals surface area contributed by atoms with Gasteiger partial charge < -0.3 is 14.6 Å². The first-order valence-corrected chi connectivity index (χ1v) is 4.98. The Morgan fingerprint density at radius 3 is 3.20 bits per heavy atom. The zero-order valence-corrected chi connectivity index (χ0v) is 8.57. The lowest BCUT2D eigenvalue weighted by atomic mass is 10.2. The summed E-state index contributed by atoms with van der Waals surface area (Å²) < 4.78 is 22.8. The van der Waals surface area contributed by atoms with Crippen molar-refractivity contribution in [3.8, 4) is 0 Å². The van der Waals surface area contributed by atoms with Gasteiger partial charge in [-0.25, -0.2) is 4.39 Å². The molecule has 1 aromatic rings. The Morgan fingerprint density at radius 2 is 2.53 bits per heavy atom. The number of hydrogen-bond donors (Lipinski definition) is 1. The lowest BCUT2D eigenvalue weighted by Gasteiger charge is -2.00. The highest BCUT2D eigenvalue weighted by atomic mass is 19.1. The molecular weight excluding hydrogens is 201 g/mol. The average molecular weight is 215 g/mol. The van der Waals surface area contributed by atoms with Crippen molar-refractivity contribution in [2.75, 3.05) is 20.3 Å². The summed E-state index contributed by atoms with van der Waals surface area (Å²) in [6.07, 6.45) is 0.210. The smallest absolute Gasteiger partial charge is 0.243 e. The van der Waals surface area contributed by atoms with Gasteiger partial charge in [0, 0.05) is 26.5 Å². The van der Waals surface area contributed by atoms with Gasteiger partial charge in [0.1, 0.15) is 6.17 Å². The molecule has 0 unspecified atom stereocenters. The minimum atomic E-state index is -0.815. The summed E-state index contributed by atoms with van der Waals surface area (Å²) in [6, 6.07) is -0.135. The Hall–Kier alpha value is -1.01. The number of ether oxygens (including phenoxy) is 1. The minimum Gasteiger partial charge on any atom is -0.384 e. The molecule has 0 aliphatic carbocycles. The van der Waals surface area contributed by atoms with Gasteiger partial charge in [-0.15, -0.1) is 0 Å². The van der Waals surface area contributed by atoms with E-state index in [2.05, 4.69) is 15.5 Å². The third-order valence-electron chi connectivity index (χ3n) is 2.39. The van der Waals surface area contributed by atoms with E-state index in [1.165, 1.54) is 0 Å². The van der Waals surface area contributed by atoms with Gasteiger partial charge in [0.2, 0.25) is 5.89 Å². The van der Waals surface area contributed by atoms with Gasteiger partial charge in [-0.3, -0.25) is 0 Å². The summed E-state index contributed by atoms with van der Waals surface area (Å²) in [7, 11) is 1.62. The first kappa shape index (κ1) is 10.5. The first-order valence-electron chi connectivity index (χ1n) is 4.98. The van der Waals surface area contributed by atoms with Crippen LogP contribution in [0.25, 0.3) is 0 Å². The standard InChI is InChI=1S/C9H14FN3O2/c1-14-3-2-8-12-9(15-13-8)7-4-6(10)5-11-7/h6-7,11H,2-5H2,1H3/t6-,7+/m0/s1. The van der Waals surface area contributed by atoms with Crippen molar-refractivity contribution in [2.24, 2.45) is 0 Å². The van der Waals surface area contributed by atoms with Gasteiger partial charge in [-0.1, -0.05) is 5.16 Å². The molecule has 0 amide bonds. The summed E-state index contributed by atoms with van der Waals surface area (Å²) in [5.74, 6) is 1.08. The largest absolute Gasteiger partial charge is 0.384 e. The van der Waals surface area contributed by atoms with Crippen molar-refractivity contribution in [1.29, 1.82) is 0 Å². The SMILES string of the molecule is COCCc1noc([C@H]2C[C@H](F)CN2)n1. The molecule has 0 spiro atoms. The Kier molecular flexibility index (Phi) is 3.27. The van der Waals surface area contributed by atoms with Crippen molar-refractivity contribution in [2.45, 2.75) is 25.1 Å². The zero-order chi connectivity index (χ0) is 10.7. The number of rotatable bonds is 4. The van der Waals surface area contributed by atoms with Gasteiger partial charge in [0.25, 0.3) is 0 Å². The van der Waals surface area contributed by atoms with E-state index in [0.717, 1.165) is 0 Å². The molecule has 1 N–H and O–H groups in total. The van der Waals surface area contributed by atoms with Gasteiger partial charge in [0.15, 0.2) is 5.82 Å². The number of aromatic nitrogens is 2. The molecule has 0 aromatic carbocycles. The van der Waals surface area contributed by atoms with Crippen LogP contribution in [-0.2, 0) is 11.2 Å². The van der Waals surface area contributed by atoms with Crippen LogP contribution >= 0.6 is 0 Å². The number of halogens is 1. The molecule has 5 nitrogen and oxygen atoms in total.